The average molecular weight is 401 g/mol. The van der Waals surface area contributed by atoms with Crippen LogP contribution in [-0.4, -0.2) is 0 Å². The minimum absolute atomic E-state index is 0.903. The number of fused-ring (bicyclic) bond motifs is 6. The summed E-state index contributed by atoms with van der Waals surface area (Å²) in [4.78, 5) is 0. The Balaban J connectivity index is 1.70. The first kappa shape index (κ1) is 17.3. The van der Waals surface area contributed by atoms with Crippen molar-refractivity contribution in [3.8, 4) is 0 Å². The molecule has 6 rings (SSSR count). The summed E-state index contributed by atoms with van der Waals surface area (Å²) < 4.78 is 14.1. The monoisotopic (exact) mass is 401 g/mol. The second-order valence-electron chi connectivity index (χ2n) is 7.62. The van der Waals surface area contributed by atoms with Gasteiger partial charge in [-0.3, -0.25) is 0 Å². The highest BCUT2D eigenvalue weighted by Crippen LogP contribution is 2.35. The van der Waals surface area contributed by atoms with Gasteiger partial charge in [0, 0.05) is 22.9 Å². The highest BCUT2D eigenvalue weighted by molar-refractivity contribution is 7.62. The van der Waals surface area contributed by atoms with Crippen LogP contribution >= 0.6 is 7.80 Å². The van der Waals surface area contributed by atoms with Gasteiger partial charge in [-0.2, -0.15) is 0 Å². The molecule has 0 heterocycles. The van der Waals surface area contributed by atoms with E-state index in [0.29, 0.717) is 0 Å². The van der Waals surface area contributed by atoms with E-state index in [1.807, 2.05) is 24.3 Å². The number of benzene rings is 6. The number of hydrogen-bond acceptors (Lipinski definition) is 1. The highest BCUT2D eigenvalue weighted by Gasteiger charge is 2.30. The average Bonchev–Trinajstić information content (AvgIpc) is 2.82. The van der Waals surface area contributed by atoms with Crippen molar-refractivity contribution in [2.24, 2.45) is 0 Å². The molecule has 0 aliphatic heterocycles. The van der Waals surface area contributed by atoms with Gasteiger partial charge in [-0.05, 0) is 44.5 Å². The second kappa shape index (κ2) is 6.76. The van der Waals surface area contributed by atoms with Gasteiger partial charge in [-0.15, -0.1) is 0 Å². The van der Waals surface area contributed by atoms with Crippen LogP contribution in [0.3, 0.4) is 0 Å². The molecule has 0 atom stereocenters. The summed E-state index contributed by atoms with van der Waals surface area (Å²) in [6, 6.07) is 37.5. The molecule has 2 heteroatoms. The molecule has 0 amide bonds. The molecule has 0 spiro atoms. The summed E-state index contributed by atoms with van der Waals surface area (Å²) in [6.45, 7) is 0. The summed E-state index contributed by atoms with van der Waals surface area (Å²) in [6.07, 6.45) is 0. The molecular weight excluding hydrogens is 383 g/mol. The Labute approximate surface area is 175 Å². The first-order valence-electron chi connectivity index (χ1n) is 10.1. The van der Waals surface area contributed by atoms with E-state index >= 15 is 0 Å². The first-order valence-corrected chi connectivity index (χ1v) is 11.4. The van der Waals surface area contributed by atoms with Crippen LogP contribution in [0.25, 0.3) is 43.1 Å². The maximum atomic E-state index is 14.1. The highest BCUT2D eigenvalue weighted by atomic mass is 31.1. The van der Waals surface area contributed by atoms with Gasteiger partial charge in [0.25, 0.3) is 0 Å². The van der Waals surface area contributed by atoms with Gasteiger partial charge in [0.05, 0.1) is 0 Å². The predicted molar refractivity (Wildman–Crippen MR) is 130 cm³/mol. The molecule has 6 aromatic rings. The molecule has 6 aromatic carbocycles. The van der Waals surface area contributed by atoms with E-state index in [9.17, 15) is 4.57 Å². The van der Waals surface area contributed by atoms with Crippen molar-refractivity contribution in [1.82, 2.24) is 0 Å². The van der Waals surface area contributed by atoms with Crippen molar-refractivity contribution >= 4 is 61.5 Å². The fraction of sp³-hybridized carbons (Fsp3) is 0. The van der Waals surface area contributed by atoms with Crippen LogP contribution in [0.4, 0.5) is 0 Å². The molecule has 0 unspecified atom stereocenters. The van der Waals surface area contributed by atoms with E-state index in [0.717, 1.165) is 42.9 Å². The number of hydrogen-bond donors (Lipinski definition) is 0. The third kappa shape index (κ3) is 2.56. The minimum Gasteiger partial charge on any atom is -0.0616 e. The maximum Gasteiger partial charge on any atom is 0.416 e. The summed E-state index contributed by atoms with van der Waals surface area (Å²) in [7, 11) is -1.77. The van der Waals surface area contributed by atoms with Crippen LogP contribution in [0.5, 0.6) is 0 Å². The Kier molecular flexibility index (Phi) is 3.91. The third-order valence-corrected chi connectivity index (χ3v) is 7.55. The molecule has 0 radical (unpaired) electrons. The lowest BCUT2D eigenvalue weighted by molar-refractivity contribution is 0.598. The first-order chi connectivity index (χ1) is 14.8. The molecule has 0 fully saturated rings. The van der Waals surface area contributed by atoms with Crippen molar-refractivity contribution in [2.45, 2.75) is 0 Å². The van der Waals surface area contributed by atoms with Crippen molar-refractivity contribution in [2.75, 3.05) is 0 Å². The van der Waals surface area contributed by atoms with Gasteiger partial charge in [0.1, 0.15) is 0 Å². The molecular formula is C28H18OP+. The van der Waals surface area contributed by atoms with Crippen molar-refractivity contribution < 1.29 is 4.57 Å². The van der Waals surface area contributed by atoms with Crippen LogP contribution in [0.2, 0.25) is 0 Å². The standard InChI is InChI=1S/C28H18OP/c29-30(27-17-19-9-1-3-11-21(19)23-13-5-7-15-25(23)27)28-18-20-10-2-4-12-22(20)24-14-6-8-16-26(24)28/h1-18H/q+1. The summed E-state index contributed by atoms with van der Waals surface area (Å²) in [5, 5.41) is 10.9. The lowest BCUT2D eigenvalue weighted by atomic mass is 10.0. The van der Waals surface area contributed by atoms with E-state index in [1.54, 1.807) is 0 Å². The lowest BCUT2D eigenvalue weighted by Gasteiger charge is -2.07. The van der Waals surface area contributed by atoms with Crippen LogP contribution in [0.1, 0.15) is 0 Å². The Morgan fingerprint density at radius 2 is 0.733 bits per heavy atom. The van der Waals surface area contributed by atoms with Crippen LogP contribution in [0.15, 0.2) is 109 Å². The normalized spacial score (nSPS) is 11.5. The predicted octanol–water partition coefficient (Wildman–Crippen LogP) is 7.08. The molecule has 0 aliphatic rings. The van der Waals surface area contributed by atoms with Gasteiger partial charge in [-0.25, -0.2) is 0 Å². The molecule has 1 nitrogen and oxygen atoms in total. The number of rotatable bonds is 2. The summed E-state index contributed by atoms with van der Waals surface area (Å²) >= 11 is 0. The van der Waals surface area contributed by atoms with E-state index < -0.39 is 7.80 Å². The second-order valence-corrected chi connectivity index (χ2v) is 9.17. The summed E-state index contributed by atoms with van der Waals surface area (Å²) in [5.41, 5.74) is 0. The molecule has 0 saturated heterocycles. The minimum atomic E-state index is -1.77. The molecule has 0 aliphatic carbocycles. The van der Waals surface area contributed by atoms with Gasteiger partial charge >= 0.3 is 7.80 Å². The van der Waals surface area contributed by atoms with Crippen LogP contribution < -0.4 is 10.6 Å². The lowest BCUT2D eigenvalue weighted by Crippen LogP contribution is -2.09. The zero-order chi connectivity index (χ0) is 20.1. The topological polar surface area (TPSA) is 17.1 Å². The van der Waals surface area contributed by atoms with Gasteiger partial charge in [0.15, 0.2) is 0 Å². The molecule has 0 saturated carbocycles. The summed E-state index contributed by atoms with van der Waals surface area (Å²) in [5.74, 6) is 0. The fourth-order valence-corrected chi connectivity index (χ4v) is 6.13. The molecule has 0 N–H and O–H groups in total. The zero-order valence-electron chi connectivity index (χ0n) is 16.2. The van der Waals surface area contributed by atoms with Gasteiger partial charge in [0.2, 0.25) is 10.6 Å². The third-order valence-electron chi connectivity index (χ3n) is 5.93. The van der Waals surface area contributed by atoms with Crippen LogP contribution in [-0.2, 0) is 4.57 Å². The van der Waals surface area contributed by atoms with E-state index in [4.69, 9.17) is 0 Å². The van der Waals surface area contributed by atoms with E-state index in [-0.39, 0.29) is 0 Å². The van der Waals surface area contributed by atoms with Gasteiger partial charge < -0.3 is 0 Å². The molecule has 140 valence electrons. The Morgan fingerprint density at radius 1 is 0.400 bits per heavy atom. The van der Waals surface area contributed by atoms with Crippen LogP contribution in [0, 0.1) is 0 Å². The zero-order valence-corrected chi connectivity index (χ0v) is 17.1. The van der Waals surface area contributed by atoms with Gasteiger partial charge in [-0.1, -0.05) is 89.5 Å². The van der Waals surface area contributed by atoms with E-state index in [1.165, 1.54) is 10.8 Å². The largest absolute Gasteiger partial charge is 0.416 e. The Morgan fingerprint density at radius 3 is 1.17 bits per heavy atom. The van der Waals surface area contributed by atoms with Crippen molar-refractivity contribution in [1.29, 1.82) is 0 Å². The quantitative estimate of drug-likeness (QED) is 0.224. The molecule has 0 aromatic heterocycles. The van der Waals surface area contributed by atoms with Crippen molar-refractivity contribution in [3.05, 3.63) is 109 Å². The Bertz CT molecular complexity index is 1490. The fourth-order valence-electron chi connectivity index (χ4n) is 4.53. The molecule has 0 bridgehead atoms. The Hall–Kier alpha value is -3.54. The van der Waals surface area contributed by atoms with E-state index in [2.05, 4.69) is 84.9 Å². The van der Waals surface area contributed by atoms with Crippen molar-refractivity contribution in [3.63, 3.8) is 0 Å². The SMILES string of the molecule is O=[P+](c1cc2ccccc2c2ccccc12)c1cc2ccccc2c2ccccc12. The molecule has 30 heavy (non-hydrogen) atoms. The smallest absolute Gasteiger partial charge is 0.0616 e. The maximum absolute atomic E-state index is 14.1.